The summed E-state index contributed by atoms with van der Waals surface area (Å²) in [5.41, 5.74) is -0.160. The highest BCUT2D eigenvalue weighted by atomic mass is 19.1. The summed E-state index contributed by atoms with van der Waals surface area (Å²) < 4.78 is 15.7. The van der Waals surface area contributed by atoms with Crippen molar-refractivity contribution in [3.05, 3.63) is 75.5 Å². The third-order valence-corrected chi connectivity index (χ3v) is 4.65. The zero-order valence-electron chi connectivity index (χ0n) is 13.9. The third-order valence-electron chi connectivity index (χ3n) is 4.65. The first-order valence-corrected chi connectivity index (χ1v) is 8.24. The maximum atomic E-state index is 13.2. The van der Waals surface area contributed by atoms with Crippen molar-refractivity contribution in [2.45, 2.75) is 24.9 Å². The smallest absolute Gasteiger partial charge is 0.303 e. The molecule has 1 aliphatic carbocycles. The van der Waals surface area contributed by atoms with Gasteiger partial charge in [-0.25, -0.2) is 4.39 Å². The first-order valence-electron chi connectivity index (χ1n) is 8.24. The highest BCUT2D eigenvalue weighted by Gasteiger charge is 2.45. The summed E-state index contributed by atoms with van der Waals surface area (Å²) >= 11 is 0. The predicted octanol–water partition coefficient (Wildman–Crippen LogP) is 1.37. The molecular formula is C18H16FN5O2. The number of alkyl halides is 1. The van der Waals surface area contributed by atoms with E-state index in [0.29, 0.717) is 24.2 Å². The average Bonchev–Trinajstić information content (AvgIpc) is 3.48. The summed E-state index contributed by atoms with van der Waals surface area (Å²) in [5.74, 6) is 0. The minimum absolute atomic E-state index is 0.123. The minimum Gasteiger partial charge on any atom is -0.303 e. The van der Waals surface area contributed by atoms with Gasteiger partial charge in [-0.1, -0.05) is 0 Å². The van der Waals surface area contributed by atoms with Crippen LogP contribution in [-0.4, -0.2) is 31.0 Å². The van der Waals surface area contributed by atoms with Gasteiger partial charge in [-0.15, -0.1) is 0 Å². The maximum Gasteiger partial charge on any atom is 0.317 e. The molecule has 0 spiro atoms. The standard InChI is InChI=1S/C18H16FN5O2/c19-12-18(5-6-18)24-9-8-23(16(25)17(24)26)11-14-3-4-15(22-21-14)13-2-1-7-20-10-13/h1-4,7-10H,5-6,11-12H2. The van der Waals surface area contributed by atoms with Crippen LogP contribution in [-0.2, 0) is 12.1 Å². The molecule has 3 aromatic rings. The Balaban J connectivity index is 1.59. The topological polar surface area (TPSA) is 82.7 Å². The SMILES string of the molecule is O=c1c(=O)n(C2(CF)CC2)ccn1Cc1ccc(-c2cccnc2)nn1. The summed E-state index contributed by atoms with van der Waals surface area (Å²) in [5, 5.41) is 8.25. The Morgan fingerprint density at radius 2 is 1.92 bits per heavy atom. The van der Waals surface area contributed by atoms with Crippen molar-refractivity contribution in [1.29, 1.82) is 0 Å². The molecule has 0 unspecified atom stereocenters. The average molecular weight is 353 g/mol. The quantitative estimate of drug-likeness (QED) is 0.647. The highest BCUT2D eigenvalue weighted by molar-refractivity contribution is 5.56. The van der Waals surface area contributed by atoms with Crippen LogP contribution in [0.4, 0.5) is 4.39 Å². The van der Waals surface area contributed by atoms with Gasteiger partial charge in [-0.2, -0.15) is 10.2 Å². The number of rotatable bonds is 5. The number of aromatic nitrogens is 5. The van der Waals surface area contributed by atoms with E-state index in [1.54, 1.807) is 24.5 Å². The lowest BCUT2D eigenvalue weighted by molar-refractivity contribution is 0.326. The van der Waals surface area contributed by atoms with E-state index < -0.39 is 23.3 Å². The molecule has 0 aliphatic heterocycles. The zero-order valence-corrected chi connectivity index (χ0v) is 13.9. The minimum atomic E-state index is -0.819. The number of halogens is 1. The molecule has 0 bridgehead atoms. The van der Waals surface area contributed by atoms with E-state index in [0.717, 1.165) is 5.56 Å². The molecule has 132 valence electrons. The maximum absolute atomic E-state index is 13.2. The van der Waals surface area contributed by atoms with Crippen molar-refractivity contribution in [1.82, 2.24) is 24.3 Å². The first kappa shape index (κ1) is 16.3. The summed E-state index contributed by atoms with van der Waals surface area (Å²) in [4.78, 5) is 28.6. The van der Waals surface area contributed by atoms with Crippen molar-refractivity contribution < 1.29 is 4.39 Å². The van der Waals surface area contributed by atoms with Gasteiger partial charge in [0.25, 0.3) is 0 Å². The fourth-order valence-electron chi connectivity index (χ4n) is 2.88. The molecule has 4 rings (SSSR count). The Bertz CT molecular complexity index is 1040. The Morgan fingerprint density at radius 1 is 1.08 bits per heavy atom. The molecule has 0 atom stereocenters. The molecule has 3 heterocycles. The summed E-state index contributed by atoms with van der Waals surface area (Å²) in [6, 6.07) is 7.22. The van der Waals surface area contributed by atoms with E-state index in [-0.39, 0.29) is 6.54 Å². The van der Waals surface area contributed by atoms with Gasteiger partial charge in [0, 0.05) is 30.4 Å². The Kier molecular flexibility index (Phi) is 3.95. The van der Waals surface area contributed by atoms with Crippen LogP contribution in [0.25, 0.3) is 11.3 Å². The van der Waals surface area contributed by atoms with Crippen molar-refractivity contribution in [3.8, 4) is 11.3 Å². The highest BCUT2D eigenvalue weighted by Crippen LogP contribution is 2.42. The van der Waals surface area contributed by atoms with Gasteiger partial charge < -0.3 is 9.13 Å². The number of pyridine rings is 1. The molecule has 8 heteroatoms. The lowest BCUT2D eigenvalue weighted by Gasteiger charge is -2.15. The lowest BCUT2D eigenvalue weighted by Crippen LogP contribution is -2.45. The van der Waals surface area contributed by atoms with Crippen molar-refractivity contribution >= 4 is 0 Å². The third kappa shape index (κ3) is 2.83. The van der Waals surface area contributed by atoms with Crippen LogP contribution < -0.4 is 11.1 Å². The number of hydrogen-bond acceptors (Lipinski definition) is 5. The molecular weight excluding hydrogens is 337 g/mol. The van der Waals surface area contributed by atoms with Crippen molar-refractivity contribution in [3.63, 3.8) is 0 Å². The summed E-state index contributed by atoms with van der Waals surface area (Å²) in [6.07, 6.45) is 7.49. The van der Waals surface area contributed by atoms with Crippen LogP contribution in [0, 0.1) is 0 Å². The molecule has 1 fully saturated rings. The summed E-state index contributed by atoms with van der Waals surface area (Å²) in [7, 11) is 0. The predicted molar refractivity (Wildman–Crippen MR) is 92.5 cm³/mol. The monoisotopic (exact) mass is 353 g/mol. The van der Waals surface area contributed by atoms with Crippen LogP contribution in [0.1, 0.15) is 18.5 Å². The van der Waals surface area contributed by atoms with Crippen molar-refractivity contribution in [2.75, 3.05) is 6.67 Å². The van der Waals surface area contributed by atoms with Gasteiger partial charge in [-0.05, 0) is 37.1 Å². The van der Waals surface area contributed by atoms with Gasteiger partial charge in [0.1, 0.15) is 6.67 Å². The molecule has 0 amide bonds. The van der Waals surface area contributed by atoms with Gasteiger partial charge in [0.15, 0.2) is 0 Å². The van der Waals surface area contributed by atoms with Crippen LogP contribution in [0.5, 0.6) is 0 Å². The zero-order chi connectivity index (χ0) is 18.1. The molecule has 0 radical (unpaired) electrons. The normalized spacial score (nSPS) is 15.0. The van der Waals surface area contributed by atoms with E-state index in [1.807, 2.05) is 12.1 Å². The number of hydrogen-bond donors (Lipinski definition) is 0. The molecule has 3 aromatic heterocycles. The Hall–Kier alpha value is -3.16. The molecule has 7 nitrogen and oxygen atoms in total. The second-order valence-corrected chi connectivity index (χ2v) is 6.42. The number of nitrogens with zero attached hydrogens (tertiary/aromatic N) is 5. The summed E-state index contributed by atoms with van der Waals surface area (Å²) in [6.45, 7) is -0.518. The van der Waals surface area contributed by atoms with Crippen LogP contribution >= 0.6 is 0 Å². The fourth-order valence-corrected chi connectivity index (χ4v) is 2.88. The van der Waals surface area contributed by atoms with Gasteiger partial charge in [-0.3, -0.25) is 14.6 Å². The van der Waals surface area contributed by atoms with Crippen LogP contribution in [0.3, 0.4) is 0 Å². The van der Waals surface area contributed by atoms with Crippen LogP contribution in [0.2, 0.25) is 0 Å². The molecule has 0 saturated heterocycles. The van der Waals surface area contributed by atoms with Gasteiger partial charge in [0.2, 0.25) is 0 Å². The van der Waals surface area contributed by atoms with E-state index in [1.165, 1.54) is 21.5 Å². The van der Waals surface area contributed by atoms with Gasteiger partial charge in [0.05, 0.1) is 23.5 Å². The fraction of sp³-hybridized carbons (Fsp3) is 0.278. The van der Waals surface area contributed by atoms with E-state index in [2.05, 4.69) is 15.2 Å². The molecule has 1 saturated carbocycles. The van der Waals surface area contributed by atoms with Crippen LogP contribution in [0.15, 0.2) is 58.6 Å². The Morgan fingerprint density at radius 3 is 2.54 bits per heavy atom. The second kappa shape index (κ2) is 6.29. The van der Waals surface area contributed by atoms with E-state index >= 15 is 0 Å². The first-order chi connectivity index (χ1) is 12.6. The lowest BCUT2D eigenvalue weighted by atomic mass is 10.2. The molecule has 1 aliphatic rings. The van der Waals surface area contributed by atoms with E-state index in [4.69, 9.17) is 0 Å². The van der Waals surface area contributed by atoms with E-state index in [9.17, 15) is 14.0 Å². The van der Waals surface area contributed by atoms with Gasteiger partial charge >= 0.3 is 11.1 Å². The molecule has 0 aromatic carbocycles. The second-order valence-electron chi connectivity index (χ2n) is 6.42. The largest absolute Gasteiger partial charge is 0.317 e. The molecule has 0 N–H and O–H groups in total. The van der Waals surface area contributed by atoms with Crippen molar-refractivity contribution in [2.24, 2.45) is 0 Å². The Labute approximate surface area is 147 Å². The molecule has 26 heavy (non-hydrogen) atoms.